The van der Waals surface area contributed by atoms with Gasteiger partial charge in [-0.2, -0.15) is 0 Å². The summed E-state index contributed by atoms with van der Waals surface area (Å²) in [7, 11) is 0. The van der Waals surface area contributed by atoms with Gasteiger partial charge < -0.3 is 15.1 Å². The number of benzene rings is 8. The minimum absolute atomic E-state index is 0.977. The summed E-state index contributed by atoms with van der Waals surface area (Å²) >= 11 is 0. The summed E-state index contributed by atoms with van der Waals surface area (Å²) in [5, 5.41) is 3.74. The Kier molecular flexibility index (Phi) is 9.08. The fraction of sp³-hybridized carbons (Fsp3) is 0. The van der Waals surface area contributed by atoms with Crippen molar-refractivity contribution in [3.05, 3.63) is 218 Å². The molecule has 0 atom stereocenters. The monoisotopic (exact) mass is 655 g/mol. The third kappa shape index (κ3) is 6.87. The van der Waals surface area contributed by atoms with Crippen molar-refractivity contribution in [2.45, 2.75) is 0 Å². The number of rotatable bonds is 10. The highest BCUT2D eigenvalue weighted by Gasteiger charge is 2.24. The summed E-state index contributed by atoms with van der Waals surface area (Å²) < 4.78 is 0. The summed E-state index contributed by atoms with van der Waals surface area (Å²) in [6, 6.07) is 77.1. The predicted molar refractivity (Wildman–Crippen MR) is 216 cm³/mol. The first-order chi connectivity index (χ1) is 25.3. The maximum absolute atomic E-state index is 3.74. The van der Waals surface area contributed by atoms with Gasteiger partial charge in [-0.3, -0.25) is 0 Å². The summed E-state index contributed by atoms with van der Waals surface area (Å²) in [6.07, 6.45) is 0. The first-order valence-electron chi connectivity index (χ1n) is 17.3. The zero-order valence-electron chi connectivity index (χ0n) is 28.2. The predicted octanol–water partition coefficient (Wildman–Crippen LogP) is 13.7. The number of hydrogen-bond acceptors (Lipinski definition) is 3. The quantitative estimate of drug-likeness (QED) is 0.158. The molecule has 51 heavy (non-hydrogen) atoms. The molecular weight excluding hydrogens is 619 g/mol. The third-order valence-corrected chi connectivity index (χ3v) is 8.95. The van der Waals surface area contributed by atoms with Crippen molar-refractivity contribution in [1.82, 2.24) is 0 Å². The Hall–Kier alpha value is -6.84. The van der Waals surface area contributed by atoms with E-state index >= 15 is 0 Å². The van der Waals surface area contributed by atoms with Gasteiger partial charge in [-0.05, 0) is 77.9 Å². The normalized spacial score (nSPS) is 10.7. The lowest BCUT2D eigenvalue weighted by atomic mass is 9.94. The van der Waals surface area contributed by atoms with Gasteiger partial charge in [0.05, 0.1) is 17.1 Å². The fourth-order valence-corrected chi connectivity index (χ4v) is 6.69. The van der Waals surface area contributed by atoms with Gasteiger partial charge in [0.25, 0.3) is 0 Å². The van der Waals surface area contributed by atoms with Crippen LogP contribution in [0, 0.1) is 0 Å². The lowest BCUT2D eigenvalue weighted by Crippen LogP contribution is -2.15. The first-order valence-corrected chi connectivity index (χ1v) is 17.3. The van der Waals surface area contributed by atoms with Crippen molar-refractivity contribution in [2.24, 2.45) is 0 Å². The molecule has 0 heterocycles. The van der Waals surface area contributed by atoms with Crippen molar-refractivity contribution < 1.29 is 0 Å². The molecule has 0 amide bonds. The standard InChI is InChI=1S/C48H37N3/c1-7-20-37(21-8-1)46-32-19-33-47(38-22-9-2-10-23-38)48(46)51(43-30-17-6-18-31-43)45-35-40(49-39-24-11-3-12-25-39)34-44(36-45)50(41-26-13-4-14-27-41)42-28-15-5-16-29-42/h1-36,49H. The van der Waals surface area contributed by atoms with Crippen molar-refractivity contribution >= 4 is 45.5 Å². The second kappa shape index (κ2) is 14.7. The van der Waals surface area contributed by atoms with E-state index in [9.17, 15) is 0 Å². The molecule has 8 aromatic rings. The van der Waals surface area contributed by atoms with Gasteiger partial charge >= 0.3 is 0 Å². The zero-order valence-corrected chi connectivity index (χ0v) is 28.2. The molecule has 0 bridgehead atoms. The lowest BCUT2D eigenvalue weighted by Gasteiger charge is -2.32. The topological polar surface area (TPSA) is 18.5 Å². The lowest BCUT2D eigenvalue weighted by molar-refractivity contribution is 1.25. The molecule has 0 aromatic heterocycles. The van der Waals surface area contributed by atoms with E-state index < -0.39 is 0 Å². The average Bonchev–Trinajstić information content (AvgIpc) is 3.20. The number of nitrogens with zero attached hydrogens (tertiary/aromatic N) is 2. The molecule has 0 radical (unpaired) electrons. The first kappa shape index (κ1) is 31.4. The van der Waals surface area contributed by atoms with E-state index in [2.05, 4.69) is 227 Å². The van der Waals surface area contributed by atoms with Crippen molar-refractivity contribution in [2.75, 3.05) is 15.1 Å². The van der Waals surface area contributed by atoms with E-state index in [-0.39, 0.29) is 0 Å². The molecule has 0 unspecified atom stereocenters. The Bertz CT molecular complexity index is 2210. The second-order valence-corrected chi connectivity index (χ2v) is 12.3. The SMILES string of the molecule is c1ccc(Nc2cc(N(c3ccccc3)c3ccccc3)cc(N(c3ccccc3)c3c(-c4ccccc4)cccc3-c3ccccc3)c2)cc1. The van der Waals surface area contributed by atoms with Crippen LogP contribution >= 0.6 is 0 Å². The van der Waals surface area contributed by atoms with Gasteiger partial charge in [0.1, 0.15) is 0 Å². The van der Waals surface area contributed by atoms with E-state index in [1.54, 1.807) is 0 Å². The third-order valence-electron chi connectivity index (χ3n) is 8.95. The van der Waals surface area contributed by atoms with Gasteiger partial charge in [0.15, 0.2) is 0 Å². The van der Waals surface area contributed by atoms with Crippen LogP contribution in [0.1, 0.15) is 0 Å². The Balaban J connectivity index is 1.43. The molecule has 8 aromatic carbocycles. The Labute approximate surface area is 300 Å². The van der Waals surface area contributed by atoms with Gasteiger partial charge in [-0.1, -0.05) is 152 Å². The second-order valence-electron chi connectivity index (χ2n) is 12.3. The largest absolute Gasteiger partial charge is 0.355 e. The summed E-state index contributed by atoms with van der Waals surface area (Å²) in [5.74, 6) is 0. The molecule has 0 aliphatic carbocycles. The molecule has 0 fully saturated rings. The van der Waals surface area contributed by atoms with Gasteiger partial charge in [0, 0.05) is 39.6 Å². The van der Waals surface area contributed by atoms with Crippen LogP contribution in [-0.4, -0.2) is 0 Å². The molecule has 244 valence electrons. The minimum Gasteiger partial charge on any atom is -0.355 e. The van der Waals surface area contributed by atoms with Crippen LogP contribution < -0.4 is 15.1 Å². The van der Waals surface area contributed by atoms with E-state index in [0.29, 0.717) is 0 Å². The maximum atomic E-state index is 3.74. The summed E-state index contributed by atoms with van der Waals surface area (Å²) in [6.45, 7) is 0. The molecule has 3 heteroatoms. The highest BCUT2D eigenvalue weighted by atomic mass is 15.2. The highest BCUT2D eigenvalue weighted by molar-refractivity contribution is 5.98. The molecule has 0 aliphatic rings. The van der Waals surface area contributed by atoms with Gasteiger partial charge in [-0.25, -0.2) is 0 Å². The maximum Gasteiger partial charge on any atom is 0.0618 e. The molecule has 3 nitrogen and oxygen atoms in total. The average molecular weight is 656 g/mol. The molecular formula is C48H37N3. The molecule has 0 saturated carbocycles. The Morgan fingerprint density at radius 3 is 1.10 bits per heavy atom. The zero-order chi connectivity index (χ0) is 34.2. The molecule has 0 aliphatic heterocycles. The number of para-hydroxylation sites is 5. The molecule has 8 rings (SSSR count). The van der Waals surface area contributed by atoms with Crippen LogP contribution in [0.2, 0.25) is 0 Å². The summed E-state index contributed by atoms with van der Waals surface area (Å²) in [5.41, 5.74) is 13.0. The molecule has 0 spiro atoms. The van der Waals surface area contributed by atoms with Crippen LogP contribution in [0.15, 0.2) is 218 Å². The van der Waals surface area contributed by atoms with Crippen LogP contribution in [0.5, 0.6) is 0 Å². The number of hydrogen-bond donors (Lipinski definition) is 1. The van der Waals surface area contributed by atoms with E-state index in [1.165, 1.54) is 0 Å². The minimum atomic E-state index is 0.977. The van der Waals surface area contributed by atoms with Crippen LogP contribution in [-0.2, 0) is 0 Å². The Morgan fingerprint density at radius 2 is 0.647 bits per heavy atom. The van der Waals surface area contributed by atoms with Crippen molar-refractivity contribution in [3.63, 3.8) is 0 Å². The highest BCUT2D eigenvalue weighted by Crippen LogP contribution is 2.48. The summed E-state index contributed by atoms with van der Waals surface area (Å²) in [4.78, 5) is 4.74. The Morgan fingerprint density at radius 1 is 0.275 bits per heavy atom. The van der Waals surface area contributed by atoms with Crippen molar-refractivity contribution in [3.8, 4) is 22.3 Å². The van der Waals surface area contributed by atoms with Gasteiger partial charge in [-0.15, -0.1) is 0 Å². The van der Waals surface area contributed by atoms with Crippen molar-refractivity contribution in [1.29, 1.82) is 0 Å². The number of anilines is 8. The van der Waals surface area contributed by atoms with Crippen LogP contribution in [0.4, 0.5) is 45.5 Å². The van der Waals surface area contributed by atoms with Crippen LogP contribution in [0.3, 0.4) is 0 Å². The van der Waals surface area contributed by atoms with Crippen LogP contribution in [0.25, 0.3) is 22.3 Å². The fourth-order valence-electron chi connectivity index (χ4n) is 6.69. The van der Waals surface area contributed by atoms with E-state index in [0.717, 1.165) is 67.8 Å². The smallest absolute Gasteiger partial charge is 0.0618 e. The molecule has 0 saturated heterocycles. The van der Waals surface area contributed by atoms with E-state index in [4.69, 9.17) is 0 Å². The van der Waals surface area contributed by atoms with E-state index in [1.807, 2.05) is 6.07 Å². The molecule has 1 N–H and O–H groups in total. The number of nitrogens with one attached hydrogen (secondary N) is 1. The van der Waals surface area contributed by atoms with Gasteiger partial charge in [0.2, 0.25) is 0 Å².